The summed E-state index contributed by atoms with van der Waals surface area (Å²) in [5.41, 5.74) is 6.96. The predicted octanol–water partition coefficient (Wildman–Crippen LogP) is 8.39. The first-order valence-corrected chi connectivity index (χ1v) is 11.2. The van der Waals surface area contributed by atoms with Crippen LogP contribution < -0.4 is 0 Å². The van der Waals surface area contributed by atoms with Gasteiger partial charge in [0.15, 0.2) is 0 Å². The zero-order valence-corrected chi connectivity index (χ0v) is 19.0. The van der Waals surface area contributed by atoms with E-state index in [2.05, 4.69) is 113 Å². The van der Waals surface area contributed by atoms with Crippen LogP contribution in [-0.4, -0.2) is 0 Å². The predicted molar refractivity (Wildman–Crippen MR) is 129 cm³/mol. The molecule has 3 aromatic rings. The van der Waals surface area contributed by atoms with Gasteiger partial charge in [0.05, 0.1) is 0 Å². The molecule has 0 saturated heterocycles. The van der Waals surface area contributed by atoms with Gasteiger partial charge in [0.2, 0.25) is 0 Å². The zero-order valence-electron chi connectivity index (χ0n) is 19.0. The van der Waals surface area contributed by atoms with Crippen molar-refractivity contribution in [3.63, 3.8) is 0 Å². The summed E-state index contributed by atoms with van der Waals surface area (Å²) in [6.07, 6.45) is 4.79. The molecule has 0 nitrogen and oxygen atoms in total. The molecule has 0 spiro atoms. The van der Waals surface area contributed by atoms with Gasteiger partial charge in [-0.05, 0) is 58.9 Å². The summed E-state index contributed by atoms with van der Waals surface area (Å²) < 4.78 is 0. The van der Waals surface area contributed by atoms with Crippen LogP contribution in [0.15, 0.2) is 78.9 Å². The topological polar surface area (TPSA) is 0 Å². The Morgan fingerprint density at radius 1 is 0.586 bits per heavy atom. The van der Waals surface area contributed by atoms with E-state index in [1.807, 2.05) is 0 Å². The first-order chi connectivity index (χ1) is 14.0. The fraction of sp³-hybridized carbons (Fsp3) is 0.379. The highest BCUT2D eigenvalue weighted by Gasteiger charge is 2.01. The molecular formula is C29H38. The van der Waals surface area contributed by atoms with Crippen molar-refractivity contribution in [3.05, 3.63) is 95.6 Å². The zero-order chi connectivity index (χ0) is 21.1. The molecule has 0 fully saturated rings. The fourth-order valence-electron chi connectivity index (χ4n) is 3.44. The van der Waals surface area contributed by atoms with Crippen LogP contribution in [0.25, 0.3) is 11.1 Å². The Hall–Kier alpha value is -2.34. The maximum atomic E-state index is 2.31. The fourth-order valence-corrected chi connectivity index (χ4v) is 3.44. The largest absolute Gasteiger partial charge is 0.0651 e. The van der Waals surface area contributed by atoms with E-state index in [4.69, 9.17) is 0 Å². The molecule has 0 radical (unpaired) electrons. The molecule has 0 amide bonds. The van der Waals surface area contributed by atoms with Gasteiger partial charge < -0.3 is 0 Å². The third-order valence-electron chi connectivity index (χ3n) is 5.39. The van der Waals surface area contributed by atoms with E-state index in [-0.39, 0.29) is 0 Å². The Morgan fingerprint density at radius 3 is 1.79 bits per heavy atom. The minimum atomic E-state index is 0.714. The molecule has 0 aromatic heterocycles. The van der Waals surface area contributed by atoms with Crippen molar-refractivity contribution in [1.82, 2.24) is 0 Å². The number of hydrogen-bond acceptors (Lipinski definition) is 0. The van der Waals surface area contributed by atoms with Gasteiger partial charge in [0, 0.05) is 0 Å². The molecule has 0 bridgehead atoms. The minimum absolute atomic E-state index is 0.714. The smallest absolute Gasteiger partial charge is 0.0181 e. The molecule has 0 heteroatoms. The van der Waals surface area contributed by atoms with Crippen LogP contribution in [0.2, 0.25) is 0 Å². The van der Waals surface area contributed by atoms with E-state index < -0.39 is 0 Å². The molecule has 3 aromatic carbocycles. The van der Waals surface area contributed by atoms with Crippen molar-refractivity contribution in [2.24, 2.45) is 11.8 Å². The average Bonchev–Trinajstić information content (AvgIpc) is 2.75. The second kappa shape index (κ2) is 12.3. The summed E-state index contributed by atoms with van der Waals surface area (Å²) >= 11 is 0. The Bertz CT molecular complexity index is 812. The van der Waals surface area contributed by atoms with Gasteiger partial charge in [-0.2, -0.15) is 0 Å². The van der Waals surface area contributed by atoms with Crippen molar-refractivity contribution in [2.75, 3.05) is 0 Å². The normalized spacial score (nSPS) is 11.7. The van der Waals surface area contributed by atoms with E-state index in [0.717, 1.165) is 18.8 Å². The molecule has 0 heterocycles. The lowest BCUT2D eigenvalue weighted by molar-refractivity contribution is 0.560. The molecule has 0 aliphatic carbocycles. The van der Waals surface area contributed by atoms with E-state index in [9.17, 15) is 0 Å². The van der Waals surface area contributed by atoms with E-state index in [0.29, 0.717) is 5.92 Å². The molecule has 0 saturated carbocycles. The summed E-state index contributed by atoms with van der Waals surface area (Å²) in [6.45, 7) is 11.3. The number of hydrogen-bond donors (Lipinski definition) is 0. The van der Waals surface area contributed by atoms with E-state index in [1.165, 1.54) is 40.7 Å². The van der Waals surface area contributed by atoms with Gasteiger partial charge in [0.25, 0.3) is 0 Å². The lowest BCUT2D eigenvalue weighted by Crippen LogP contribution is -1.97. The molecule has 0 N–H and O–H groups in total. The highest BCUT2D eigenvalue weighted by molar-refractivity contribution is 5.63. The second-order valence-corrected chi connectivity index (χ2v) is 8.55. The van der Waals surface area contributed by atoms with Crippen LogP contribution >= 0.6 is 0 Å². The third-order valence-corrected chi connectivity index (χ3v) is 5.39. The number of aryl methyl sites for hydroxylation is 1. The molecule has 154 valence electrons. The summed E-state index contributed by atoms with van der Waals surface area (Å²) in [6, 6.07) is 28.4. The molecule has 0 aliphatic rings. The van der Waals surface area contributed by atoms with Crippen molar-refractivity contribution < 1.29 is 0 Å². The molecule has 0 aliphatic heterocycles. The maximum Gasteiger partial charge on any atom is -0.0181 e. The second-order valence-electron chi connectivity index (χ2n) is 8.55. The van der Waals surface area contributed by atoms with Gasteiger partial charge in [0.1, 0.15) is 0 Å². The first kappa shape index (κ1) is 22.9. The Kier molecular flexibility index (Phi) is 9.71. The Balaban J connectivity index is 0.000000212. The molecule has 3 rings (SSSR count). The maximum absolute atomic E-state index is 2.31. The lowest BCUT2D eigenvalue weighted by atomic mass is 9.98. The monoisotopic (exact) mass is 386 g/mol. The van der Waals surface area contributed by atoms with E-state index in [1.54, 1.807) is 0 Å². The van der Waals surface area contributed by atoms with Gasteiger partial charge in [-0.1, -0.05) is 120 Å². The third kappa shape index (κ3) is 8.28. The van der Waals surface area contributed by atoms with Crippen LogP contribution in [0.5, 0.6) is 0 Å². The van der Waals surface area contributed by atoms with Gasteiger partial charge in [-0.3, -0.25) is 0 Å². The number of benzene rings is 3. The van der Waals surface area contributed by atoms with Gasteiger partial charge in [-0.25, -0.2) is 0 Å². The molecule has 29 heavy (non-hydrogen) atoms. The van der Waals surface area contributed by atoms with E-state index >= 15 is 0 Å². The SMILES string of the molecule is CC(C)Cc1cccc(-c2ccccc2)c1.CCc1ccc(CC(C)CC)cc1. The van der Waals surface area contributed by atoms with Crippen molar-refractivity contribution in [2.45, 2.75) is 60.3 Å². The van der Waals surface area contributed by atoms with Crippen molar-refractivity contribution in [3.8, 4) is 11.1 Å². The van der Waals surface area contributed by atoms with Crippen LogP contribution in [0.3, 0.4) is 0 Å². The summed E-state index contributed by atoms with van der Waals surface area (Å²) in [7, 11) is 0. The van der Waals surface area contributed by atoms with Crippen molar-refractivity contribution in [1.29, 1.82) is 0 Å². The van der Waals surface area contributed by atoms with Crippen LogP contribution in [0.1, 0.15) is 57.7 Å². The first-order valence-electron chi connectivity index (χ1n) is 11.2. The van der Waals surface area contributed by atoms with Crippen LogP contribution in [0.4, 0.5) is 0 Å². The molecule has 1 unspecified atom stereocenters. The summed E-state index contributed by atoms with van der Waals surface area (Å²) in [5, 5.41) is 0. The minimum Gasteiger partial charge on any atom is -0.0651 e. The highest BCUT2D eigenvalue weighted by Crippen LogP contribution is 2.21. The Morgan fingerprint density at radius 2 is 1.21 bits per heavy atom. The average molecular weight is 387 g/mol. The quantitative estimate of drug-likeness (QED) is 0.382. The Labute approximate surface area is 179 Å². The summed E-state index contributed by atoms with van der Waals surface area (Å²) in [5.74, 6) is 1.53. The van der Waals surface area contributed by atoms with Crippen LogP contribution in [0, 0.1) is 11.8 Å². The van der Waals surface area contributed by atoms with Crippen LogP contribution in [-0.2, 0) is 19.3 Å². The lowest BCUT2D eigenvalue weighted by Gasteiger charge is -2.08. The van der Waals surface area contributed by atoms with Gasteiger partial charge >= 0.3 is 0 Å². The van der Waals surface area contributed by atoms with Crippen molar-refractivity contribution >= 4 is 0 Å². The van der Waals surface area contributed by atoms with Gasteiger partial charge in [-0.15, -0.1) is 0 Å². The molecule has 1 atom stereocenters. The number of rotatable bonds is 7. The standard InChI is InChI=1S/C16H18.C13H20/c1-13(2)11-14-7-6-10-16(12-14)15-8-4-3-5-9-15;1-4-11(3)10-13-8-6-12(5-2)7-9-13/h3-10,12-13H,11H2,1-2H3;6-9,11H,4-5,10H2,1-3H3. The summed E-state index contributed by atoms with van der Waals surface area (Å²) in [4.78, 5) is 0. The molecular weight excluding hydrogens is 348 g/mol. The highest BCUT2D eigenvalue weighted by atomic mass is 14.1.